The van der Waals surface area contributed by atoms with Crippen LogP contribution in [0.1, 0.15) is 13.8 Å². The summed E-state index contributed by atoms with van der Waals surface area (Å²) in [6.07, 6.45) is 1.68. The fourth-order valence-corrected chi connectivity index (χ4v) is 0.793. The molecule has 0 aromatic carbocycles. The number of nitrogens with zero attached hydrogens (tertiary/aromatic N) is 1. The van der Waals surface area contributed by atoms with E-state index in [4.69, 9.17) is 11.6 Å². The van der Waals surface area contributed by atoms with Crippen LogP contribution in [0.2, 0.25) is 0 Å². The predicted octanol–water partition coefficient (Wildman–Crippen LogP) is 1.48. The van der Waals surface area contributed by atoms with E-state index in [-0.39, 0.29) is 6.04 Å². The highest BCUT2D eigenvalue weighted by Crippen LogP contribution is 2.10. The first-order chi connectivity index (χ1) is 4.20. The number of hydrogen-bond donors (Lipinski definition) is 1. The maximum Gasteiger partial charge on any atom is 0.0989 e. The van der Waals surface area contributed by atoms with E-state index in [1.54, 1.807) is 6.20 Å². The third kappa shape index (κ3) is 1.45. The van der Waals surface area contributed by atoms with Crippen LogP contribution < -0.4 is 5.32 Å². The van der Waals surface area contributed by atoms with Gasteiger partial charge in [0.25, 0.3) is 0 Å². The van der Waals surface area contributed by atoms with Gasteiger partial charge in [0.15, 0.2) is 0 Å². The Bertz CT molecular complexity index is 172. The summed E-state index contributed by atoms with van der Waals surface area (Å²) in [6, 6.07) is 0.226. The Kier molecular flexibility index (Phi) is 1.76. The molecule has 0 aromatic rings. The van der Waals surface area contributed by atoms with Gasteiger partial charge >= 0.3 is 0 Å². The Morgan fingerprint density at radius 1 is 1.78 bits per heavy atom. The molecule has 1 aliphatic rings. The SMILES string of the molecule is CC1=NC=C(Cl)C(C)N1. The normalized spacial score (nSPS) is 26.3. The highest BCUT2D eigenvalue weighted by atomic mass is 35.5. The molecule has 0 amide bonds. The average Bonchev–Trinajstić information content (AvgIpc) is 1.80. The molecule has 1 N–H and O–H groups in total. The van der Waals surface area contributed by atoms with Crippen molar-refractivity contribution in [3.8, 4) is 0 Å². The molecule has 9 heavy (non-hydrogen) atoms. The lowest BCUT2D eigenvalue weighted by Crippen LogP contribution is -2.32. The molecular weight excluding hydrogens is 136 g/mol. The summed E-state index contributed by atoms with van der Waals surface area (Å²) < 4.78 is 0. The highest BCUT2D eigenvalue weighted by Gasteiger charge is 2.08. The zero-order chi connectivity index (χ0) is 6.85. The molecule has 1 heterocycles. The molecule has 0 aromatic heterocycles. The largest absolute Gasteiger partial charge is 0.366 e. The first-order valence-electron chi connectivity index (χ1n) is 2.86. The molecule has 50 valence electrons. The Morgan fingerprint density at radius 2 is 2.44 bits per heavy atom. The Labute approximate surface area is 59.6 Å². The Morgan fingerprint density at radius 3 is 2.89 bits per heavy atom. The van der Waals surface area contributed by atoms with Crippen molar-refractivity contribution < 1.29 is 0 Å². The average molecular weight is 145 g/mol. The third-order valence-electron chi connectivity index (χ3n) is 1.22. The number of nitrogens with one attached hydrogen (secondary N) is 1. The van der Waals surface area contributed by atoms with Crippen LogP contribution in [-0.4, -0.2) is 11.9 Å². The van der Waals surface area contributed by atoms with Crippen LogP contribution in [0, 0.1) is 0 Å². The highest BCUT2D eigenvalue weighted by molar-refractivity contribution is 6.30. The summed E-state index contributed by atoms with van der Waals surface area (Å²) in [4.78, 5) is 3.97. The summed E-state index contributed by atoms with van der Waals surface area (Å²) in [7, 11) is 0. The number of rotatable bonds is 0. The van der Waals surface area contributed by atoms with E-state index in [1.807, 2.05) is 13.8 Å². The summed E-state index contributed by atoms with van der Waals surface area (Å²) in [5, 5.41) is 3.84. The molecule has 0 aliphatic carbocycles. The van der Waals surface area contributed by atoms with E-state index in [9.17, 15) is 0 Å². The molecule has 3 heteroatoms. The Balaban J connectivity index is 2.74. The van der Waals surface area contributed by atoms with Crippen molar-refractivity contribution >= 4 is 17.4 Å². The molecule has 0 fully saturated rings. The first-order valence-corrected chi connectivity index (χ1v) is 3.24. The van der Waals surface area contributed by atoms with Gasteiger partial charge in [-0.15, -0.1) is 0 Å². The van der Waals surface area contributed by atoms with Crippen LogP contribution in [0.3, 0.4) is 0 Å². The topological polar surface area (TPSA) is 24.4 Å². The van der Waals surface area contributed by atoms with E-state index in [1.165, 1.54) is 0 Å². The number of amidine groups is 1. The van der Waals surface area contributed by atoms with E-state index in [0.717, 1.165) is 10.9 Å². The number of halogens is 1. The van der Waals surface area contributed by atoms with Gasteiger partial charge in [0.1, 0.15) is 0 Å². The van der Waals surface area contributed by atoms with Crippen molar-refractivity contribution in [2.24, 2.45) is 4.99 Å². The van der Waals surface area contributed by atoms with Crippen molar-refractivity contribution in [1.82, 2.24) is 5.32 Å². The van der Waals surface area contributed by atoms with Gasteiger partial charge in [0, 0.05) is 6.20 Å². The summed E-state index contributed by atoms with van der Waals surface area (Å²) in [5.41, 5.74) is 0. The van der Waals surface area contributed by atoms with Gasteiger partial charge < -0.3 is 5.32 Å². The van der Waals surface area contributed by atoms with Gasteiger partial charge in [-0.05, 0) is 13.8 Å². The van der Waals surface area contributed by atoms with Gasteiger partial charge in [-0.25, -0.2) is 4.99 Å². The molecule has 1 unspecified atom stereocenters. The predicted molar refractivity (Wildman–Crippen MR) is 39.6 cm³/mol. The van der Waals surface area contributed by atoms with E-state index < -0.39 is 0 Å². The number of hydrogen-bond acceptors (Lipinski definition) is 2. The zero-order valence-electron chi connectivity index (χ0n) is 5.48. The molecule has 0 radical (unpaired) electrons. The fourth-order valence-electron chi connectivity index (χ4n) is 0.690. The van der Waals surface area contributed by atoms with Crippen molar-refractivity contribution in [3.63, 3.8) is 0 Å². The monoisotopic (exact) mass is 144 g/mol. The lowest BCUT2D eigenvalue weighted by molar-refractivity contribution is 0.773. The molecule has 0 saturated carbocycles. The zero-order valence-corrected chi connectivity index (χ0v) is 6.24. The molecular formula is C6H9ClN2. The minimum Gasteiger partial charge on any atom is -0.366 e. The van der Waals surface area contributed by atoms with E-state index in [2.05, 4.69) is 10.3 Å². The molecule has 1 atom stereocenters. The van der Waals surface area contributed by atoms with Gasteiger partial charge in [0.2, 0.25) is 0 Å². The second kappa shape index (κ2) is 2.40. The standard InChI is InChI=1S/C6H9ClN2/c1-4-6(7)3-8-5(2)9-4/h3-4H,1-2H3,(H,8,9). The third-order valence-corrected chi connectivity index (χ3v) is 1.65. The van der Waals surface area contributed by atoms with Gasteiger partial charge in [0.05, 0.1) is 16.9 Å². The molecule has 2 nitrogen and oxygen atoms in total. The quantitative estimate of drug-likeness (QED) is 0.547. The molecule has 1 aliphatic heterocycles. The van der Waals surface area contributed by atoms with E-state index >= 15 is 0 Å². The van der Waals surface area contributed by atoms with E-state index in [0.29, 0.717) is 0 Å². The smallest absolute Gasteiger partial charge is 0.0989 e. The van der Waals surface area contributed by atoms with Gasteiger partial charge in [-0.2, -0.15) is 0 Å². The number of aliphatic imine (C=N–C) groups is 1. The van der Waals surface area contributed by atoms with Crippen molar-refractivity contribution in [2.75, 3.05) is 0 Å². The van der Waals surface area contributed by atoms with Crippen molar-refractivity contribution in [1.29, 1.82) is 0 Å². The second-order valence-electron chi connectivity index (χ2n) is 2.09. The minimum atomic E-state index is 0.226. The van der Waals surface area contributed by atoms with Crippen LogP contribution in [0.25, 0.3) is 0 Å². The fraction of sp³-hybridized carbons (Fsp3) is 0.500. The second-order valence-corrected chi connectivity index (χ2v) is 2.53. The van der Waals surface area contributed by atoms with Crippen LogP contribution in [0.15, 0.2) is 16.2 Å². The van der Waals surface area contributed by atoms with Crippen LogP contribution in [-0.2, 0) is 0 Å². The first kappa shape index (κ1) is 6.62. The summed E-state index contributed by atoms with van der Waals surface area (Å²) in [5.74, 6) is 0.923. The van der Waals surface area contributed by atoms with Crippen LogP contribution in [0.4, 0.5) is 0 Å². The van der Waals surface area contributed by atoms with Crippen LogP contribution in [0.5, 0.6) is 0 Å². The summed E-state index contributed by atoms with van der Waals surface area (Å²) >= 11 is 5.72. The minimum absolute atomic E-state index is 0.226. The molecule has 0 bridgehead atoms. The van der Waals surface area contributed by atoms with Gasteiger partial charge in [-0.3, -0.25) is 0 Å². The van der Waals surface area contributed by atoms with Crippen molar-refractivity contribution in [2.45, 2.75) is 19.9 Å². The Hall–Kier alpha value is -0.500. The lowest BCUT2D eigenvalue weighted by atomic mass is 10.3. The molecule has 0 saturated heterocycles. The van der Waals surface area contributed by atoms with Crippen molar-refractivity contribution in [3.05, 3.63) is 11.2 Å². The molecule has 1 rings (SSSR count). The van der Waals surface area contributed by atoms with Gasteiger partial charge in [-0.1, -0.05) is 11.6 Å². The maximum atomic E-state index is 5.72. The summed E-state index contributed by atoms with van der Waals surface area (Å²) in [6.45, 7) is 3.91. The maximum absolute atomic E-state index is 5.72. The molecule has 0 spiro atoms. The van der Waals surface area contributed by atoms with Crippen LogP contribution >= 0.6 is 11.6 Å². The lowest BCUT2D eigenvalue weighted by Gasteiger charge is -2.16.